The maximum atomic E-state index is 16.9. The van der Waals surface area contributed by atoms with Crippen LogP contribution in [0.3, 0.4) is 0 Å². The summed E-state index contributed by atoms with van der Waals surface area (Å²) in [4.78, 5) is 18.0. The van der Waals surface area contributed by atoms with Crippen LogP contribution in [0.5, 0.6) is 11.8 Å². The topological polar surface area (TPSA) is 86.6 Å². The molecule has 3 saturated heterocycles. The quantitative estimate of drug-likeness (QED) is 0.203. The van der Waals surface area contributed by atoms with Crippen LogP contribution in [0.4, 0.5) is 23.4 Å². The Hall–Kier alpha value is -4.03. The molecule has 0 amide bonds. The maximum absolute atomic E-state index is 16.9. The van der Waals surface area contributed by atoms with Crippen LogP contribution in [0.15, 0.2) is 42.6 Å². The highest BCUT2D eigenvalue weighted by atomic mass is 19.3. The van der Waals surface area contributed by atoms with Gasteiger partial charge in [0.15, 0.2) is 5.82 Å². The van der Waals surface area contributed by atoms with E-state index in [-0.39, 0.29) is 60.1 Å². The molecule has 4 aromatic rings. The highest BCUT2D eigenvalue weighted by Crippen LogP contribution is 2.68. The van der Waals surface area contributed by atoms with Crippen molar-refractivity contribution in [2.45, 2.75) is 62.6 Å². The first kappa shape index (κ1) is 29.1. The average molecular weight is 647 g/mol. The van der Waals surface area contributed by atoms with Crippen LogP contribution in [0.25, 0.3) is 32.9 Å². The molecule has 4 atom stereocenters. The lowest BCUT2D eigenvalue weighted by Gasteiger charge is -2.34. The third kappa shape index (κ3) is 4.36. The number of ether oxygens (including phenoxy) is 1. The van der Waals surface area contributed by atoms with Gasteiger partial charge in [-0.3, -0.25) is 9.88 Å². The Balaban J connectivity index is 1.16. The maximum Gasteiger partial charge on any atom is 0.319 e. The number of aromatic hydroxyl groups is 1. The van der Waals surface area contributed by atoms with Crippen molar-refractivity contribution in [2.75, 3.05) is 37.7 Å². The van der Waals surface area contributed by atoms with Gasteiger partial charge in [-0.2, -0.15) is 9.97 Å². The van der Waals surface area contributed by atoms with E-state index in [4.69, 9.17) is 9.72 Å². The molecule has 1 saturated carbocycles. The van der Waals surface area contributed by atoms with E-state index < -0.39 is 28.5 Å². The number of rotatable bonds is 6. The van der Waals surface area contributed by atoms with Gasteiger partial charge in [0.2, 0.25) is 0 Å². The van der Waals surface area contributed by atoms with Crippen LogP contribution in [0, 0.1) is 17.0 Å². The number of alkyl halides is 2. The van der Waals surface area contributed by atoms with Crippen LogP contribution in [0.2, 0.25) is 0 Å². The second-order valence-corrected chi connectivity index (χ2v) is 14.0. The molecule has 2 N–H and O–H groups in total. The molecular formula is C35H34F4N6O2. The molecule has 47 heavy (non-hydrogen) atoms. The van der Waals surface area contributed by atoms with Gasteiger partial charge in [0, 0.05) is 56.4 Å². The van der Waals surface area contributed by atoms with E-state index in [2.05, 4.69) is 20.2 Å². The third-order valence-corrected chi connectivity index (χ3v) is 11.1. The van der Waals surface area contributed by atoms with Gasteiger partial charge >= 0.3 is 6.01 Å². The summed E-state index contributed by atoms with van der Waals surface area (Å²) in [7, 11) is 0. The first-order valence-corrected chi connectivity index (χ1v) is 16.3. The largest absolute Gasteiger partial charge is 0.508 e. The minimum Gasteiger partial charge on any atom is -0.508 e. The van der Waals surface area contributed by atoms with Crippen molar-refractivity contribution >= 4 is 27.5 Å². The molecule has 5 aliphatic rings. The first-order valence-electron chi connectivity index (χ1n) is 16.3. The monoisotopic (exact) mass is 646 g/mol. The van der Waals surface area contributed by atoms with E-state index >= 15 is 4.39 Å². The lowest BCUT2D eigenvalue weighted by Crippen LogP contribution is -2.51. The number of pyridine rings is 1. The zero-order chi connectivity index (χ0) is 32.3. The minimum atomic E-state index is -2.68. The van der Waals surface area contributed by atoms with Crippen LogP contribution >= 0.6 is 0 Å². The van der Waals surface area contributed by atoms with Crippen molar-refractivity contribution in [2.24, 2.45) is 5.41 Å². The Kier molecular flexibility index (Phi) is 6.19. The number of benzene rings is 2. The lowest BCUT2D eigenvalue weighted by molar-refractivity contribution is 0.0663. The summed E-state index contributed by atoms with van der Waals surface area (Å²) in [6.45, 7) is 4.07. The molecule has 9 rings (SSSR count). The number of fused-ring (bicyclic) bond motifs is 5. The predicted molar refractivity (Wildman–Crippen MR) is 169 cm³/mol. The molecule has 4 fully saturated rings. The Morgan fingerprint density at radius 1 is 1.09 bits per heavy atom. The second kappa shape index (κ2) is 9.99. The zero-order valence-electron chi connectivity index (χ0n) is 25.9. The van der Waals surface area contributed by atoms with Gasteiger partial charge in [-0.05, 0) is 60.2 Å². The number of nitrogens with zero attached hydrogens (tertiary/aromatic N) is 5. The van der Waals surface area contributed by atoms with Crippen LogP contribution < -0.4 is 15.0 Å². The summed E-state index contributed by atoms with van der Waals surface area (Å²) in [5, 5.41) is 15.6. The van der Waals surface area contributed by atoms with Crippen molar-refractivity contribution in [1.29, 1.82) is 0 Å². The van der Waals surface area contributed by atoms with E-state index in [0.29, 0.717) is 60.1 Å². The molecule has 0 unspecified atom stereocenters. The normalized spacial score (nSPS) is 29.0. The smallest absolute Gasteiger partial charge is 0.319 e. The highest BCUT2D eigenvalue weighted by Gasteiger charge is 2.76. The molecule has 8 nitrogen and oxygen atoms in total. The van der Waals surface area contributed by atoms with Crippen LogP contribution in [-0.2, 0) is 6.42 Å². The number of hydrogen-bond acceptors (Lipinski definition) is 8. The number of nitrogens with one attached hydrogen (secondary N) is 1. The number of aromatic nitrogens is 3. The highest BCUT2D eigenvalue weighted by molar-refractivity contribution is 6.01. The fourth-order valence-electron chi connectivity index (χ4n) is 8.73. The zero-order valence-corrected chi connectivity index (χ0v) is 25.9. The number of aryl methyl sites for hydroxylation is 1. The molecule has 0 radical (unpaired) electrons. The molecule has 2 aromatic carbocycles. The number of phenolic OH excluding ortho intramolecular Hbond substituents is 1. The Bertz CT molecular complexity index is 1990. The van der Waals surface area contributed by atoms with E-state index in [9.17, 15) is 18.3 Å². The van der Waals surface area contributed by atoms with Gasteiger partial charge in [-0.15, -0.1) is 0 Å². The first-order chi connectivity index (χ1) is 22.6. The molecule has 1 aliphatic carbocycles. The minimum absolute atomic E-state index is 0.0141. The Morgan fingerprint density at radius 3 is 2.62 bits per heavy atom. The van der Waals surface area contributed by atoms with Crippen molar-refractivity contribution < 1.29 is 27.4 Å². The number of piperazine rings is 1. The van der Waals surface area contributed by atoms with E-state index in [0.717, 1.165) is 12.8 Å². The van der Waals surface area contributed by atoms with E-state index in [1.807, 2.05) is 24.0 Å². The summed E-state index contributed by atoms with van der Waals surface area (Å²) >= 11 is 0. The number of halogens is 4. The average Bonchev–Trinajstić information content (AvgIpc) is 3.37. The SMILES string of the molecule is CCc1c(F)ccc2cc(O)cc(-c3ncc4c(N5C[C@@H]6CC[C@@H](C5)N6)nc(OC[C@]56C=CCN5C[C@@]5(CC5(F)F)C6)nc4c3F)c12. The molecule has 6 heterocycles. The molecule has 4 aliphatic heterocycles. The van der Waals surface area contributed by atoms with Gasteiger partial charge in [0.25, 0.3) is 5.92 Å². The number of phenols is 1. The lowest BCUT2D eigenvalue weighted by atomic mass is 9.91. The molecule has 2 bridgehead atoms. The second-order valence-electron chi connectivity index (χ2n) is 14.0. The summed E-state index contributed by atoms with van der Waals surface area (Å²) in [5.74, 6) is -3.46. The summed E-state index contributed by atoms with van der Waals surface area (Å²) < 4.78 is 67.0. The number of hydrogen-bond donors (Lipinski definition) is 2. The molecule has 12 heteroatoms. The molecule has 244 valence electrons. The van der Waals surface area contributed by atoms with Crippen molar-refractivity contribution in [1.82, 2.24) is 25.2 Å². The molecular weight excluding hydrogens is 612 g/mol. The fraction of sp³-hybridized carbons (Fsp3) is 0.457. The molecule has 2 aromatic heterocycles. The standard InChI is InChI=1S/C35H34F4N6O2/c1-2-23-26(36)7-4-19-10-22(46)11-24(27(19)23)29-28(37)30-25(12-40-29)31(44-13-20-5-6-21(14-44)41-20)43-32(42-30)47-18-34-8-3-9-45(34)17-33(15-34)16-35(33,38)39/h3-4,7-8,10-12,20-21,41,46H,2,5-6,9,13-18H2,1H3/t20-,21-,33-,34+/m0/s1. The van der Waals surface area contributed by atoms with Crippen molar-refractivity contribution in [3.63, 3.8) is 0 Å². The summed E-state index contributed by atoms with van der Waals surface area (Å²) in [6.07, 6.45) is 8.03. The van der Waals surface area contributed by atoms with E-state index in [1.165, 1.54) is 24.4 Å². The van der Waals surface area contributed by atoms with Crippen molar-refractivity contribution in [3.05, 3.63) is 59.8 Å². The Labute approximate surface area is 268 Å². The van der Waals surface area contributed by atoms with Gasteiger partial charge in [-0.25, -0.2) is 17.6 Å². The van der Waals surface area contributed by atoms with Crippen LogP contribution in [-0.4, -0.2) is 81.3 Å². The van der Waals surface area contributed by atoms with Gasteiger partial charge < -0.3 is 20.1 Å². The Morgan fingerprint density at radius 2 is 1.87 bits per heavy atom. The van der Waals surface area contributed by atoms with Gasteiger partial charge in [0.1, 0.15) is 35.2 Å². The van der Waals surface area contributed by atoms with E-state index in [1.54, 1.807) is 6.07 Å². The number of anilines is 1. The van der Waals surface area contributed by atoms with Crippen molar-refractivity contribution in [3.8, 4) is 23.0 Å². The van der Waals surface area contributed by atoms with Gasteiger partial charge in [0.05, 0.1) is 16.3 Å². The summed E-state index contributed by atoms with van der Waals surface area (Å²) in [5.41, 5.74) is -1.19. The van der Waals surface area contributed by atoms with Gasteiger partial charge in [-0.1, -0.05) is 25.1 Å². The third-order valence-electron chi connectivity index (χ3n) is 11.1. The summed E-state index contributed by atoms with van der Waals surface area (Å²) in [6, 6.07) is 6.31. The predicted octanol–water partition coefficient (Wildman–Crippen LogP) is 5.75. The fourth-order valence-corrected chi connectivity index (χ4v) is 8.73. The van der Waals surface area contributed by atoms with Crippen LogP contribution in [0.1, 0.15) is 38.2 Å². The molecule has 1 spiro atoms.